The molecule has 3 aromatic heterocycles. The average molecular weight is 405 g/mol. The zero-order valence-corrected chi connectivity index (χ0v) is 15.8. The smallest absolute Gasteiger partial charge is 0.183 e. The minimum atomic E-state index is -0.498. The van der Waals surface area contributed by atoms with Crippen LogP contribution in [0.1, 0.15) is 16.1 Å². The maximum atomic E-state index is 13.3. The fraction of sp³-hybridized carbons (Fsp3) is 0.0455. The van der Waals surface area contributed by atoms with Crippen LogP contribution >= 0.6 is 11.6 Å². The summed E-state index contributed by atoms with van der Waals surface area (Å²) in [4.78, 5) is 19.9. The highest BCUT2D eigenvalue weighted by Crippen LogP contribution is 2.30. The molecular formula is C22H14ClFN4O. The molecule has 2 aromatic carbocycles. The van der Waals surface area contributed by atoms with Crippen molar-refractivity contribution in [2.24, 2.45) is 0 Å². The van der Waals surface area contributed by atoms with Crippen LogP contribution in [0.2, 0.25) is 5.02 Å². The number of aromatic amines is 2. The van der Waals surface area contributed by atoms with Crippen molar-refractivity contribution in [3.63, 3.8) is 0 Å². The van der Waals surface area contributed by atoms with Crippen LogP contribution in [0.15, 0.2) is 60.9 Å². The molecule has 3 heterocycles. The van der Waals surface area contributed by atoms with Crippen molar-refractivity contribution in [1.29, 1.82) is 0 Å². The minimum absolute atomic E-state index is 0.0115. The van der Waals surface area contributed by atoms with E-state index in [0.29, 0.717) is 11.3 Å². The van der Waals surface area contributed by atoms with Gasteiger partial charge in [-0.1, -0.05) is 17.7 Å². The number of rotatable bonds is 4. The lowest BCUT2D eigenvalue weighted by molar-refractivity contribution is 0.0989. The van der Waals surface area contributed by atoms with Gasteiger partial charge in [-0.15, -0.1) is 0 Å². The molecule has 0 aliphatic rings. The standard InChI is InChI=1S/C22H14ClFN4O/c23-16-7-12(1-2-17(16)24)8-21(29)20-10-14-9-15-19(11-18(14)26-20)27-28-22(15)13-3-5-25-6-4-13/h1-7,9-11,26H,8H2,(H,27,28). The molecule has 7 heteroatoms. The summed E-state index contributed by atoms with van der Waals surface area (Å²) in [6.45, 7) is 0. The van der Waals surface area contributed by atoms with Crippen molar-refractivity contribution in [2.45, 2.75) is 6.42 Å². The Morgan fingerprint density at radius 2 is 1.86 bits per heavy atom. The first-order valence-electron chi connectivity index (χ1n) is 8.97. The van der Waals surface area contributed by atoms with Crippen molar-refractivity contribution in [3.8, 4) is 11.3 Å². The number of aromatic nitrogens is 4. The summed E-state index contributed by atoms with van der Waals surface area (Å²) in [6, 6.07) is 13.9. The SMILES string of the molecule is O=C(Cc1ccc(F)c(Cl)c1)c1cc2cc3c(-c4ccncc4)n[nH]c3cc2[nH]1. The highest BCUT2D eigenvalue weighted by molar-refractivity contribution is 6.30. The number of carbonyl (C=O) groups is 1. The minimum Gasteiger partial charge on any atom is -0.352 e. The third-order valence-corrected chi connectivity index (χ3v) is 5.19. The highest BCUT2D eigenvalue weighted by atomic mass is 35.5. The van der Waals surface area contributed by atoms with Crippen molar-refractivity contribution in [1.82, 2.24) is 20.2 Å². The number of nitrogens with one attached hydrogen (secondary N) is 2. The van der Waals surface area contributed by atoms with Crippen molar-refractivity contribution in [3.05, 3.63) is 83.0 Å². The summed E-state index contributed by atoms with van der Waals surface area (Å²) in [5, 5.41) is 9.35. The monoisotopic (exact) mass is 404 g/mol. The van der Waals surface area contributed by atoms with E-state index >= 15 is 0 Å². The molecule has 5 aromatic rings. The van der Waals surface area contributed by atoms with Crippen LogP contribution in [0.3, 0.4) is 0 Å². The molecule has 29 heavy (non-hydrogen) atoms. The number of pyridine rings is 1. The normalized spacial score (nSPS) is 11.4. The second-order valence-corrected chi connectivity index (χ2v) is 7.23. The highest BCUT2D eigenvalue weighted by Gasteiger charge is 2.14. The van der Waals surface area contributed by atoms with Gasteiger partial charge in [0.2, 0.25) is 0 Å². The van der Waals surface area contributed by atoms with Gasteiger partial charge in [0.25, 0.3) is 0 Å². The number of ketones is 1. The lowest BCUT2D eigenvalue weighted by Crippen LogP contribution is -2.04. The van der Waals surface area contributed by atoms with Gasteiger partial charge in [0.1, 0.15) is 11.5 Å². The number of benzene rings is 2. The van der Waals surface area contributed by atoms with Gasteiger partial charge in [-0.2, -0.15) is 5.10 Å². The van der Waals surface area contributed by atoms with Crippen molar-refractivity contribution in [2.75, 3.05) is 0 Å². The Bertz CT molecular complexity index is 1370. The third kappa shape index (κ3) is 3.17. The van der Waals surface area contributed by atoms with Crippen LogP contribution < -0.4 is 0 Å². The summed E-state index contributed by atoms with van der Waals surface area (Å²) in [5.41, 5.74) is 4.66. The van der Waals surface area contributed by atoms with E-state index in [1.165, 1.54) is 12.1 Å². The largest absolute Gasteiger partial charge is 0.352 e. The predicted molar refractivity (Wildman–Crippen MR) is 111 cm³/mol. The van der Waals surface area contributed by atoms with E-state index in [9.17, 15) is 9.18 Å². The first kappa shape index (κ1) is 17.6. The van der Waals surface area contributed by atoms with Crippen LogP contribution in [0, 0.1) is 5.82 Å². The van der Waals surface area contributed by atoms with Gasteiger partial charge >= 0.3 is 0 Å². The molecule has 142 valence electrons. The summed E-state index contributed by atoms with van der Waals surface area (Å²) < 4.78 is 13.3. The Morgan fingerprint density at radius 3 is 2.66 bits per heavy atom. The van der Waals surface area contributed by atoms with Crippen molar-refractivity contribution >= 4 is 39.2 Å². The fourth-order valence-electron chi connectivity index (χ4n) is 3.46. The topological polar surface area (TPSA) is 74.4 Å². The number of fused-ring (bicyclic) bond motifs is 2. The lowest BCUT2D eigenvalue weighted by atomic mass is 10.1. The van der Waals surface area contributed by atoms with Gasteiger partial charge < -0.3 is 4.98 Å². The van der Waals surface area contributed by atoms with Crippen LogP contribution in [0.5, 0.6) is 0 Å². The molecule has 0 atom stereocenters. The first-order valence-corrected chi connectivity index (χ1v) is 9.34. The van der Waals surface area contributed by atoms with Gasteiger partial charge in [0.05, 0.1) is 16.2 Å². The van der Waals surface area contributed by atoms with Crippen LogP contribution in [-0.2, 0) is 6.42 Å². The second kappa shape index (κ2) is 6.83. The van der Waals surface area contributed by atoms with Crippen LogP contribution in [0.4, 0.5) is 4.39 Å². The molecule has 5 rings (SSSR count). The Labute approximate surface area is 169 Å². The molecule has 2 N–H and O–H groups in total. The van der Waals surface area contributed by atoms with E-state index in [1.54, 1.807) is 18.5 Å². The zero-order valence-electron chi connectivity index (χ0n) is 15.0. The summed E-state index contributed by atoms with van der Waals surface area (Å²) in [6.07, 6.45) is 3.58. The molecule has 0 fully saturated rings. The summed E-state index contributed by atoms with van der Waals surface area (Å²) >= 11 is 5.81. The number of halogens is 2. The molecule has 0 bridgehead atoms. The molecule has 0 saturated carbocycles. The van der Waals surface area contributed by atoms with Crippen LogP contribution in [-0.4, -0.2) is 25.9 Å². The van der Waals surface area contributed by atoms with E-state index in [1.807, 2.05) is 30.3 Å². The fourth-order valence-corrected chi connectivity index (χ4v) is 3.66. The molecule has 0 aliphatic carbocycles. The molecular weight excluding hydrogens is 391 g/mol. The summed E-state index contributed by atoms with van der Waals surface area (Å²) in [5.74, 6) is -0.595. The van der Waals surface area contributed by atoms with Gasteiger partial charge in [0.15, 0.2) is 5.78 Å². The summed E-state index contributed by atoms with van der Waals surface area (Å²) in [7, 11) is 0. The number of Topliss-reactive ketones (excluding diaryl/α,β-unsaturated/α-hetero) is 1. The number of nitrogens with zero attached hydrogens (tertiary/aromatic N) is 2. The van der Waals surface area contributed by atoms with E-state index in [0.717, 1.165) is 33.1 Å². The molecule has 0 saturated heterocycles. The number of carbonyl (C=O) groups excluding carboxylic acids is 1. The Hall–Kier alpha value is -3.51. The molecule has 0 unspecified atom stereocenters. The third-order valence-electron chi connectivity index (χ3n) is 4.91. The van der Waals surface area contributed by atoms with E-state index < -0.39 is 5.82 Å². The van der Waals surface area contributed by atoms with Gasteiger partial charge in [-0.05, 0) is 48.0 Å². The average Bonchev–Trinajstić information content (AvgIpc) is 3.33. The molecule has 0 spiro atoms. The quantitative estimate of drug-likeness (QED) is 0.398. The van der Waals surface area contributed by atoms with E-state index in [-0.39, 0.29) is 17.2 Å². The maximum absolute atomic E-state index is 13.3. The van der Waals surface area contributed by atoms with E-state index in [2.05, 4.69) is 20.2 Å². The Morgan fingerprint density at radius 1 is 1.03 bits per heavy atom. The number of hydrogen-bond donors (Lipinski definition) is 2. The lowest BCUT2D eigenvalue weighted by Gasteiger charge is -2.01. The van der Waals surface area contributed by atoms with Gasteiger partial charge in [-0.25, -0.2) is 4.39 Å². The van der Waals surface area contributed by atoms with Gasteiger partial charge in [0, 0.05) is 40.7 Å². The predicted octanol–water partition coefficient (Wildman–Crippen LogP) is 5.32. The number of hydrogen-bond acceptors (Lipinski definition) is 3. The van der Waals surface area contributed by atoms with E-state index in [4.69, 9.17) is 11.6 Å². The molecule has 5 nitrogen and oxygen atoms in total. The Balaban J connectivity index is 1.51. The first-order chi connectivity index (χ1) is 14.1. The Kier molecular flexibility index (Phi) is 4.14. The second-order valence-electron chi connectivity index (χ2n) is 6.82. The molecule has 0 radical (unpaired) electrons. The zero-order chi connectivity index (χ0) is 20.0. The number of H-pyrrole nitrogens is 2. The van der Waals surface area contributed by atoms with Crippen LogP contribution in [0.25, 0.3) is 33.1 Å². The molecule has 0 amide bonds. The van der Waals surface area contributed by atoms with Gasteiger partial charge in [-0.3, -0.25) is 14.9 Å². The maximum Gasteiger partial charge on any atom is 0.183 e. The van der Waals surface area contributed by atoms with Crippen molar-refractivity contribution < 1.29 is 9.18 Å². The molecule has 0 aliphatic heterocycles.